The highest BCUT2D eigenvalue weighted by atomic mass is 16.5. The summed E-state index contributed by atoms with van der Waals surface area (Å²) in [5.74, 6) is 0.264. The first-order valence-corrected chi connectivity index (χ1v) is 7.80. The minimum absolute atomic E-state index is 0.264. The molecule has 1 fully saturated rings. The van der Waals surface area contributed by atoms with Crippen molar-refractivity contribution in [2.75, 3.05) is 32.8 Å². The van der Waals surface area contributed by atoms with Crippen LogP contribution in [0.3, 0.4) is 0 Å². The van der Waals surface area contributed by atoms with Crippen LogP contribution >= 0.6 is 0 Å². The average Bonchev–Trinajstić information content (AvgIpc) is 2.66. The van der Waals surface area contributed by atoms with Gasteiger partial charge in [-0.3, -0.25) is 4.79 Å². The van der Waals surface area contributed by atoms with Crippen LogP contribution < -0.4 is 5.32 Å². The van der Waals surface area contributed by atoms with E-state index in [4.69, 9.17) is 4.74 Å². The van der Waals surface area contributed by atoms with Gasteiger partial charge in [-0.05, 0) is 46.1 Å². The second-order valence-electron chi connectivity index (χ2n) is 5.60. The van der Waals surface area contributed by atoms with Gasteiger partial charge in [0.15, 0.2) is 0 Å². The number of unbranched alkanes of at least 4 members (excludes halogenated alkanes) is 1. The van der Waals surface area contributed by atoms with E-state index in [1.54, 1.807) is 0 Å². The summed E-state index contributed by atoms with van der Waals surface area (Å²) in [5.41, 5.74) is 0. The third-order valence-electron chi connectivity index (χ3n) is 3.43. The quantitative estimate of drug-likeness (QED) is 0.687. The van der Waals surface area contributed by atoms with Crippen LogP contribution in [0.2, 0.25) is 0 Å². The van der Waals surface area contributed by atoms with Gasteiger partial charge in [0.25, 0.3) is 0 Å². The summed E-state index contributed by atoms with van der Waals surface area (Å²) in [4.78, 5) is 14.0. The van der Waals surface area contributed by atoms with Crippen molar-refractivity contribution in [3.8, 4) is 0 Å². The summed E-state index contributed by atoms with van der Waals surface area (Å²) in [6, 6.07) is 0. The second-order valence-corrected chi connectivity index (χ2v) is 5.60. The molecule has 0 atom stereocenters. The van der Waals surface area contributed by atoms with Crippen molar-refractivity contribution in [3.63, 3.8) is 0 Å². The molecular weight excluding hydrogens is 240 g/mol. The zero-order valence-electron chi connectivity index (χ0n) is 12.6. The Bertz CT molecular complexity index is 236. The molecule has 0 aromatic rings. The summed E-state index contributed by atoms with van der Waals surface area (Å²) in [6.45, 7) is 8.22. The number of carbonyl (C=O) groups excluding carboxylic acids is 1. The molecule has 1 N–H and O–H groups in total. The molecule has 1 amide bonds. The van der Waals surface area contributed by atoms with E-state index in [-0.39, 0.29) is 5.91 Å². The van der Waals surface area contributed by atoms with Crippen LogP contribution in [0.15, 0.2) is 0 Å². The molecule has 19 heavy (non-hydrogen) atoms. The molecule has 1 rings (SSSR count). The lowest BCUT2D eigenvalue weighted by Crippen LogP contribution is -2.39. The fraction of sp³-hybridized carbons (Fsp3) is 0.933. The van der Waals surface area contributed by atoms with Crippen LogP contribution in [0.5, 0.6) is 0 Å². The van der Waals surface area contributed by atoms with Gasteiger partial charge in [-0.1, -0.05) is 12.8 Å². The molecule has 0 radical (unpaired) electrons. The molecule has 0 unspecified atom stereocenters. The van der Waals surface area contributed by atoms with Crippen LogP contribution in [0.4, 0.5) is 0 Å². The van der Waals surface area contributed by atoms with Crippen molar-refractivity contribution in [2.45, 2.75) is 58.5 Å². The third-order valence-corrected chi connectivity index (χ3v) is 3.43. The van der Waals surface area contributed by atoms with E-state index in [0.717, 1.165) is 51.9 Å². The van der Waals surface area contributed by atoms with Crippen LogP contribution in [0, 0.1) is 0 Å². The highest BCUT2D eigenvalue weighted by Gasteiger charge is 2.14. The first-order valence-electron chi connectivity index (χ1n) is 7.80. The topological polar surface area (TPSA) is 41.6 Å². The lowest BCUT2D eigenvalue weighted by atomic mass is 10.2. The van der Waals surface area contributed by atoms with Crippen molar-refractivity contribution in [2.24, 2.45) is 0 Å². The number of likely N-dealkylation sites (tertiary alicyclic amines) is 1. The van der Waals surface area contributed by atoms with Gasteiger partial charge < -0.3 is 15.0 Å². The standard InChI is InChI=1S/C15H30N2O2/c1-14(2)19-12-8-5-9-16-13-15(18)17-10-6-3-4-7-11-17/h14,16H,3-13H2,1-2H3. The molecule has 0 aromatic heterocycles. The number of amides is 1. The molecule has 1 saturated heterocycles. The highest BCUT2D eigenvalue weighted by molar-refractivity contribution is 5.78. The minimum Gasteiger partial charge on any atom is -0.379 e. The van der Waals surface area contributed by atoms with E-state index >= 15 is 0 Å². The molecular formula is C15H30N2O2. The number of carbonyl (C=O) groups is 1. The largest absolute Gasteiger partial charge is 0.379 e. The predicted octanol–water partition coefficient (Wildman–Crippen LogP) is 2.18. The molecule has 0 spiro atoms. The van der Waals surface area contributed by atoms with Crippen molar-refractivity contribution in [3.05, 3.63) is 0 Å². The predicted molar refractivity (Wildman–Crippen MR) is 78.2 cm³/mol. The SMILES string of the molecule is CC(C)OCCCCNCC(=O)N1CCCCCC1. The Labute approximate surface area is 117 Å². The van der Waals surface area contributed by atoms with E-state index in [0.29, 0.717) is 12.6 Å². The fourth-order valence-corrected chi connectivity index (χ4v) is 2.30. The number of ether oxygens (including phenoxy) is 1. The molecule has 4 heteroatoms. The zero-order valence-corrected chi connectivity index (χ0v) is 12.6. The molecule has 0 saturated carbocycles. The fourth-order valence-electron chi connectivity index (χ4n) is 2.30. The first-order chi connectivity index (χ1) is 9.20. The zero-order chi connectivity index (χ0) is 13.9. The Balaban J connectivity index is 1.97. The highest BCUT2D eigenvalue weighted by Crippen LogP contribution is 2.09. The van der Waals surface area contributed by atoms with Crippen LogP contribution in [-0.2, 0) is 9.53 Å². The summed E-state index contributed by atoms with van der Waals surface area (Å²) >= 11 is 0. The molecule has 112 valence electrons. The van der Waals surface area contributed by atoms with E-state index in [9.17, 15) is 4.79 Å². The van der Waals surface area contributed by atoms with Gasteiger partial charge in [0.1, 0.15) is 0 Å². The number of hydrogen-bond donors (Lipinski definition) is 1. The Morgan fingerprint density at radius 1 is 1.16 bits per heavy atom. The first kappa shape index (κ1) is 16.4. The molecule has 0 aromatic carbocycles. The van der Waals surface area contributed by atoms with Crippen molar-refractivity contribution in [1.82, 2.24) is 10.2 Å². The van der Waals surface area contributed by atoms with Gasteiger partial charge in [-0.25, -0.2) is 0 Å². The lowest BCUT2D eigenvalue weighted by Gasteiger charge is -2.20. The van der Waals surface area contributed by atoms with Gasteiger partial charge in [-0.2, -0.15) is 0 Å². The Kier molecular flexibility index (Phi) is 8.84. The maximum absolute atomic E-state index is 12.0. The number of nitrogens with one attached hydrogen (secondary N) is 1. The van der Waals surface area contributed by atoms with E-state index in [2.05, 4.69) is 19.2 Å². The van der Waals surface area contributed by atoms with E-state index < -0.39 is 0 Å². The summed E-state index contributed by atoms with van der Waals surface area (Å²) < 4.78 is 5.48. The number of rotatable bonds is 8. The van der Waals surface area contributed by atoms with Crippen molar-refractivity contribution < 1.29 is 9.53 Å². The smallest absolute Gasteiger partial charge is 0.236 e. The molecule has 1 aliphatic heterocycles. The monoisotopic (exact) mass is 270 g/mol. The molecule has 1 aliphatic rings. The van der Waals surface area contributed by atoms with E-state index in [1.807, 2.05) is 4.90 Å². The van der Waals surface area contributed by atoms with Gasteiger partial charge in [-0.15, -0.1) is 0 Å². The molecule has 1 heterocycles. The molecule has 0 bridgehead atoms. The number of nitrogens with zero attached hydrogens (tertiary/aromatic N) is 1. The van der Waals surface area contributed by atoms with Crippen molar-refractivity contribution >= 4 is 5.91 Å². The summed E-state index contributed by atoms with van der Waals surface area (Å²) in [7, 11) is 0. The van der Waals surface area contributed by atoms with E-state index in [1.165, 1.54) is 12.8 Å². The van der Waals surface area contributed by atoms with Gasteiger partial charge in [0.2, 0.25) is 5.91 Å². The Morgan fingerprint density at radius 3 is 2.47 bits per heavy atom. The number of hydrogen-bond acceptors (Lipinski definition) is 3. The van der Waals surface area contributed by atoms with Crippen molar-refractivity contribution in [1.29, 1.82) is 0 Å². The third kappa shape index (κ3) is 8.22. The minimum atomic E-state index is 0.264. The van der Waals surface area contributed by atoms with Gasteiger partial charge in [0, 0.05) is 19.7 Å². The van der Waals surface area contributed by atoms with Crippen LogP contribution in [-0.4, -0.2) is 49.7 Å². The molecule has 0 aliphatic carbocycles. The van der Waals surface area contributed by atoms with Crippen LogP contribution in [0.1, 0.15) is 52.4 Å². The molecule has 4 nitrogen and oxygen atoms in total. The van der Waals surface area contributed by atoms with Gasteiger partial charge in [0.05, 0.1) is 12.6 Å². The maximum atomic E-state index is 12.0. The Hall–Kier alpha value is -0.610. The maximum Gasteiger partial charge on any atom is 0.236 e. The summed E-state index contributed by atoms with van der Waals surface area (Å²) in [6.07, 6.45) is 7.32. The second kappa shape index (κ2) is 10.2. The van der Waals surface area contributed by atoms with Gasteiger partial charge >= 0.3 is 0 Å². The normalized spacial score (nSPS) is 16.7. The Morgan fingerprint density at radius 2 is 1.84 bits per heavy atom. The van der Waals surface area contributed by atoms with Crippen LogP contribution in [0.25, 0.3) is 0 Å². The summed E-state index contributed by atoms with van der Waals surface area (Å²) in [5, 5.41) is 3.24. The average molecular weight is 270 g/mol. The lowest BCUT2D eigenvalue weighted by molar-refractivity contribution is -0.130.